The van der Waals surface area contributed by atoms with E-state index in [4.69, 9.17) is 0 Å². The molecule has 0 spiro atoms. The minimum absolute atomic E-state index is 0.106. The molecule has 1 aromatic rings. The number of para-hydroxylation sites is 1. The van der Waals surface area contributed by atoms with Crippen molar-refractivity contribution in [3.8, 4) is 0 Å². The second kappa shape index (κ2) is 7.49. The van der Waals surface area contributed by atoms with E-state index < -0.39 is 0 Å². The Bertz CT molecular complexity index is 576. The summed E-state index contributed by atoms with van der Waals surface area (Å²) in [5.41, 5.74) is 3.12. The van der Waals surface area contributed by atoms with Gasteiger partial charge in [-0.25, -0.2) is 4.79 Å². The summed E-state index contributed by atoms with van der Waals surface area (Å²) in [6.07, 6.45) is 1.61. The van der Waals surface area contributed by atoms with Crippen molar-refractivity contribution in [3.05, 3.63) is 29.3 Å². The van der Waals surface area contributed by atoms with E-state index in [0.29, 0.717) is 19.0 Å². The average Bonchev–Trinajstić information content (AvgIpc) is 2.49. The molecule has 5 heteroatoms. The number of aryl methyl sites for hydroxylation is 1. The number of hydrogen-bond acceptors (Lipinski definition) is 2. The summed E-state index contributed by atoms with van der Waals surface area (Å²) in [6.45, 7) is 9.26. The van der Waals surface area contributed by atoms with Gasteiger partial charge in [0.15, 0.2) is 0 Å². The summed E-state index contributed by atoms with van der Waals surface area (Å²) >= 11 is 0. The van der Waals surface area contributed by atoms with Crippen LogP contribution < -0.4 is 10.6 Å². The molecule has 2 rings (SSSR count). The van der Waals surface area contributed by atoms with E-state index in [0.717, 1.165) is 29.7 Å². The molecule has 5 nitrogen and oxygen atoms in total. The number of carbonyl (C=O) groups is 2. The van der Waals surface area contributed by atoms with Crippen molar-refractivity contribution < 1.29 is 9.59 Å². The highest BCUT2D eigenvalue weighted by Gasteiger charge is 2.22. The SMILES string of the molecule is CC(=O)N1CCC(NC(=O)Nc2c(C)cccc2C(C)C)CC1. The predicted octanol–water partition coefficient (Wildman–Crippen LogP) is 3.25. The third kappa shape index (κ3) is 4.47. The first-order valence-electron chi connectivity index (χ1n) is 8.31. The fourth-order valence-electron chi connectivity index (χ4n) is 3.02. The number of urea groups is 1. The quantitative estimate of drug-likeness (QED) is 0.899. The molecule has 0 atom stereocenters. The van der Waals surface area contributed by atoms with Crippen LogP contribution in [0.2, 0.25) is 0 Å². The van der Waals surface area contributed by atoms with Crippen molar-refractivity contribution in [3.63, 3.8) is 0 Å². The number of nitrogens with one attached hydrogen (secondary N) is 2. The van der Waals surface area contributed by atoms with Gasteiger partial charge in [0.2, 0.25) is 5.91 Å². The topological polar surface area (TPSA) is 61.4 Å². The van der Waals surface area contributed by atoms with Gasteiger partial charge in [-0.1, -0.05) is 32.0 Å². The molecule has 2 N–H and O–H groups in total. The van der Waals surface area contributed by atoms with Crippen molar-refractivity contribution in [1.82, 2.24) is 10.2 Å². The van der Waals surface area contributed by atoms with Crippen molar-refractivity contribution in [2.45, 2.75) is 52.5 Å². The van der Waals surface area contributed by atoms with Crippen LogP contribution in [0.15, 0.2) is 18.2 Å². The highest BCUT2D eigenvalue weighted by atomic mass is 16.2. The summed E-state index contributed by atoms with van der Waals surface area (Å²) in [5.74, 6) is 0.457. The lowest BCUT2D eigenvalue weighted by Gasteiger charge is -2.31. The Morgan fingerprint density at radius 3 is 2.43 bits per heavy atom. The average molecular weight is 317 g/mol. The van der Waals surface area contributed by atoms with Crippen LogP contribution in [0.1, 0.15) is 50.7 Å². The van der Waals surface area contributed by atoms with Crippen molar-refractivity contribution >= 4 is 17.6 Å². The van der Waals surface area contributed by atoms with Crippen LogP contribution in [0, 0.1) is 6.92 Å². The number of likely N-dealkylation sites (tertiary alicyclic amines) is 1. The van der Waals surface area contributed by atoms with Gasteiger partial charge in [0.05, 0.1) is 0 Å². The number of anilines is 1. The molecule has 1 aliphatic heterocycles. The molecule has 0 unspecified atom stereocenters. The second-order valence-electron chi connectivity index (χ2n) is 6.57. The largest absolute Gasteiger partial charge is 0.343 e. The van der Waals surface area contributed by atoms with E-state index in [-0.39, 0.29) is 18.0 Å². The van der Waals surface area contributed by atoms with Crippen LogP contribution in [-0.2, 0) is 4.79 Å². The Hall–Kier alpha value is -2.04. The molecule has 23 heavy (non-hydrogen) atoms. The number of carbonyl (C=O) groups excluding carboxylic acids is 2. The van der Waals surface area contributed by atoms with E-state index in [1.807, 2.05) is 24.0 Å². The molecular formula is C18H27N3O2. The molecule has 0 saturated carbocycles. The molecule has 126 valence electrons. The normalized spacial score (nSPS) is 15.6. The Morgan fingerprint density at radius 2 is 1.87 bits per heavy atom. The van der Waals surface area contributed by atoms with Gasteiger partial charge in [-0.3, -0.25) is 4.79 Å². The fourth-order valence-corrected chi connectivity index (χ4v) is 3.02. The number of amides is 3. The van der Waals surface area contributed by atoms with Crippen LogP contribution in [0.5, 0.6) is 0 Å². The highest BCUT2D eigenvalue weighted by Crippen LogP contribution is 2.27. The standard InChI is InChI=1S/C18H27N3O2/c1-12(2)16-7-5-6-13(3)17(16)20-18(23)19-15-8-10-21(11-9-15)14(4)22/h5-7,12,15H,8-11H2,1-4H3,(H2,19,20,23). The first-order valence-corrected chi connectivity index (χ1v) is 8.31. The number of rotatable bonds is 3. The maximum atomic E-state index is 12.3. The minimum atomic E-state index is -0.164. The fraction of sp³-hybridized carbons (Fsp3) is 0.556. The monoisotopic (exact) mass is 317 g/mol. The van der Waals surface area contributed by atoms with Gasteiger partial charge in [0, 0.05) is 31.7 Å². The van der Waals surface area contributed by atoms with E-state index >= 15 is 0 Å². The van der Waals surface area contributed by atoms with Crippen LogP contribution >= 0.6 is 0 Å². The summed E-state index contributed by atoms with van der Waals surface area (Å²) < 4.78 is 0. The van der Waals surface area contributed by atoms with E-state index in [9.17, 15) is 9.59 Å². The summed E-state index contributed by atoms with van der Waals surface area (Å²) in [6, 6.07) is 6.04. The zero-order chi connectivity index (χ0) is 17.0. The molecule has 1 saturated heterocycles. The van der Waals surface area contributed by atoms with Crippen LogP contribution in [-0.4, -0.2) is 36.0 Å². The van der Waals surface area contributed by atoms with Crippen LogP contribution in [0.3, 0.4) is 0 Å². The van der Waals surface area contributed by atoms with Gasteiger partial charge in [0.25, 0.3) is 0 Å². The molecule has 0 aliphatic carbocycles. The number of benzene rings is 1. The molecule has 1 aliphatic rings. The van der Waals surface area contributed by atoms with Crippen molar-refractivity contribution in [2.24, 2.45) is 0 Å². The Morgan fingerprint density at radius 1 is 1.22 bits per heavy atom. The van der Waals surface area contributed by atoms with Gasteiger partial charge < -0.3 is 15.5 Å². The zero-order valence-corrected chi connectivity index (χ0v) is 14.5. The van der Waals surface area contributed by atoms with Crippen molar-refractivity contribution in [1.29, 1.82) is 0 Å². The third-order valence-corrected chi connectivity index (χ3v) is 4.44. The van der Waals surface area contributed by atoms with Gasteiger partial charge in [0.1, 0.15) is 0 Å². The van der Waals surface area contributed by atoms with Crippen LogP contribution in [0.25, 0.3) is 0 Å². The van der Waals surface area contributed by atoms with E-state index in [1.165, 1.54) is 0 Å². The zero-order valence-electron chi connectivity index (χ0n) is 14.5. The first-order chi connectivity index (χ1) is 10.9. The maximum Gasteiger partial charge on any atom is 0.319 e. The highest BCUT2D eigenvalue weighted by molar-refractivity contribution is 5.91. The third-order valence-electron chi connectivity index (χ3n) is 4.44. The maximum absolute atomic E-state index is 12.3. The molecule has 0 bridgehead atoms. The van der Waals surface area contributed by atoms with E-state index in [2.05, 4.69) is 30.5 Å². The Balaban J connectivity index is 1.95. The number of piperidine rings is 1. The van der Waals surface area contributed by atoms with Gasteiger partial charge in [-0.05, 0) is 36.8 Å². The molecule has 0 aromatic heterocycles. The van der Waals surface area contributed by atoms with Gasteiger partial charge >= 0.3 is 6.03 Å². The van der Waals surface area contributed by atoms with E-state index in [1.54, 1.807) is 6.92 Å². The second-order valence-corrected chi connectivity index (χ2v) is 6.57. The van der Waals surface area contributed by atoms with Crippen LogP contribution in [0.4, 0.5) is 10.5 Å². The predicted molar refractivity (Wildman–Crippen MR) is 92.7 cm³/mol. The molecule has 1 aromatic carbocycles. The summed E-state index contributed by atoms with van der Waals surface area (Å²) in [4.78, 5) is 25.5. The summed E-state index contributed by atoms with van der Waals surface area (Å²) in [7, 11) is 0. The lowest BCUT2D eigenvalue weighted by molar-refractivity contribution is -0.129. The summed E-state index contributed by atoms with van der Waals surface area (Å²) in [5, 5.41) is 6.04. The lowest BCUT2D eigenvalue weighted by Crippen LogP contribution is -2.47. The lowest BCUT2D eigenvalue weighted by atomic mass is 9.98. The molecule has 3 amide bonds. The van der Waals surface area contributed by atoms with Crippen molar-refractivity contribution in [2.75, 3.05) is 18.4 Å². The molecule has 0 radical (unpaired) electrons. The first kappa shape index (κ1) is 17.3. The van der Waals surface area contributed by atoms with Gasteiger partial charge in [-0.15, -0.1) is 0 Å². The Labute approximate surface area is 138 Å². The number of nitrogens with zero attached hydrogens (tertiary/aromatic N) is 1. The molecular weight excluding hydrogens is 290 g/mol. The Kier molecular flexibility index (Phi) is 5.64. The minimum Gasteiger partial charge on any atom is -0.343 e. The van der Waals surface area contributed by atoms with Gasteiger partial charge in [-0.2, -0.15) is 0 Å². The molecule has 1 fully saturated rings. The smallest absolute Gasteiger partial charge is 0.319 e. The number of hydrogen-bond donors (Lipinski definition) is 2. The molecule has 1 heterocycles.